The molecule has 5 heteroatoms. The Hall–Kier alpha value is -2.42. The van der Waals surface area contributed by atoms with Crippen LogP contribution >= 0.6 is 0 Å². The smallest absolute Gasteiger partial charge is 0.128 e. The molecule has 0 aliphatic carbocycles. The van der Waals surface area contributed by atoms with Crippen molar-refractivity contribution < 1.29 is 4.74 Å². The number of pyridine rings is 1. The number of hydrogen-bond acceptors (Lipinski definition) is 5. The lowest BCUT2D eigenvalue weighted by atomic mass is 10.1. The molecule has 0 N–H and O–H groups in total. The van der Waals surface area contributed by atoms with Crippen molar-refractivity contribution in [3.8, 4) is 6.07 Å². The fourth-order valence-electron chi connectivity index (χ4n) is 3.60. The minimum absolute atomic E-state index is 0.222. The van der Waals surface area contributed by atoms with Crippen molar-refractivity contribution in [3.63, 3.8) is 0 Å². The summed E-state index contributed by atoms with van der Waals surface area (Å²) in [6.45, 7) is 4.47. The van der Waals surface area contributed by atoms with Gasteiger partial charge in [0.2, 0.25) is 0 Å². The number of nitrogens with zero attached hydrogens (tertiary/aromatic N) is 4. The third-order valence-corrected chi connectivity index (χ3v) is 4.85. The van der Waals surface area contributed by atoms with E-state index in [9.17, 15) is 0 Å². The number of anilines is 1. The molecule has 2 saturated heterocycles. The fourth-order valence-corrected chi connectivity index (χ4v) is 3.60. The highest BCUT2D eigenvalue weighted by Gasteiger charge is 2.40. The van der Waals surface area contributed by atoms with Gasteiger partial charge in [-0.2, -0.15) is 5.26 Å². The number of benzene rings is 1. The molecular formula is C19H20N4O. The molecule has 122 valence electrons. The molecule has 0 amide bonds. The zero-order valence-electron chi connectivity index (χ0n) is 13.5. The molecule has 0 bridgehead atoms. The monoisotopic (exact) mass is 320 g/mol. The highest BCUT2D eigenvalue weighted by molar-refractivity contribution is 5.44. The summed E-state index contributed by atoms with van der Waals surface area (Å²) >= 11 is 0. The zero-order chi connectivity index (χ0) is 16.4. The molecule has 2 aromatic rings. The first-order valence-electron chi connectivity index (χ1n) is 8.34. The molecule has 4 rings (SSSR count). The number of fused-ring (bicyclic) bond motifs is 1. The molecule has 0 saturated carbocycles. The predicted molar refractivity (Wildman–Crippen MR) is 91.5 cm³/mol. The van der Waals surface area contributed by atoms with E-state index >= 15 is 0 Å². The topological polar surface area (TPSA) is 52.4 Å². The molecule has 24 heavy (non-hydrogen) atoms. The molecule has 3 heterocycles. The van der Waals surface area contributed by atoms with Crippen LogP contribution < -0.4 is 4.90 Å². The van der Waals surface area contributed by atoms with Crippen LogP contribution in [0.2, 0.25) is 0 Å². The van der Waals surface area contributed by atoms with Crippen molar-refractivity contribution in [3.05, 3.63) is 59.8 Å². The van der Waals surface area contributed by atoms with Gasteiger partial charge in [0, 0.05) is 32.4 Å². The van der Waals surface area contributed by atoms with Crippen molar-refractivity contribution in [2.45, 2.75) is 18.7 Å². The van der Waals surface area contributed by atoms with E-state index in [4.69, 9.17) is 10.00 Å². The molecule has 2 aliphatic heterocycles. The van der Waals surface area contributed by atoms with Gasteiger partial charge in [-0.15, -0.1) is 0 Å². The van der Waals surface area contributed by atoms with E-state index in [1.54, 1.807) is 6.20 Å². The van der Waals surface area contributed by atoms with Gasteiger partial charge in [-0.05, 0) is 17.7 Å². The summed E-state index contributed by atoms with van der Waals surface area (Å²) in [6, 6.07) is 16.9. The molecule has 2 atom stereocenters. The Bertz CT molecular complexity index is 725. The summed E-state index contributed by atoms with van der Waals surface area (Å²) in [6.07, 6.45) is 1.86. The maximum absolute atomic E-state index is 8.91. The van der Waals surface area contributed by atoms with Gasteiger partial charge in [0.1, 0.15) is 11.9 Å². The number of rotatable bonds is 3. The van der Waals surface area contributed by atoms with Crippen LogP contribution in [0.5, 0.6) is 0 Å². The van der Waals surface area contributed by atoms with Gasteiger partial charge in [0.15, 0.2) is 0 Å². The standard InChI is InChI=1S/C19H20N4O/c20-10-16-6-7-19(21-11-16)23-13-17-18(14-23)24-9-8-22(17)12-15-4-2-1-3-5-15/h1-7,11,17-18H,8-9,12-14H2/t17-,18+/m1/s1. The van der Waals surface area contributed by atoms with Crippen molar-refractivity contribution in [1.82, 2.24) is 9.88 Å². The molecule has 0 radical (unpaired) electrons. The number of nitriles is 1. The van der Waals surface area contributed by atoms with E-state index < -0.39 is 0 Å². The largest absolute Gasteiger partial charge is 0.373 e. The summed E-state index contributed by atoms with van der Waals surface area (Å²) in [4.78, 5) is 9.21. The van der Waals surface area contributed by atoms with Gasteiger partial charge in [-0.3, -0.25) is 4.90 Å². The predicted octanol–water partition coefficient (Wildman–Crippen LogP) is 2.04. The maximum Gasteiger partial charge on any atom is 0.128 e. The van der Waals surface area contributed by atoms with Crippen molar-refractivity contribution >= 4 is 5.82 Å². The summed E-state index contributed by atoms with van der Waals surface area (Å²) in [5.41, 5.74) is 1.94. The van der Waals surface area contributed by atoms with Gasteiger partial charge in [-0.25, -0.2) is 4.98 Å². The van der Waals surface area contributed by atoms with Crippen LogP contribution in [0.25, 0.3) is 0 Å². The summed E-state index contributed by atoms with van der Waals surface area (Å²) in [5, 5.41) is 8.91. The van der Waals surface area contributed by atoms with Crippen LogP contribution in [-0.4, -0.2) is 48.3 Å². The van der Waals surface area contributed by atoms with E-state index in [1.165, 1.54) is 5.56 Å². The van der Waals surface area contributed by atoms with Crippen LogP contribution in [0.1, 0.15) is 11.1 Å². The Morgan fingerprint density at radius 1 is 1.17 bits per heavy atom. The Balaban J connectivity index is 1.48. The normalized spacial score (nSPS) is 23.7. The summed E-state index contributed by atoms with van der Waals surface area (Å²) in [5.74, 6) is 0.923. The average molecular weight is 320 g/mol. The Kier molecular flexibility index (Phi) is 4.16. The second-order valence-electron chi connectivity index (χ2n) is 6.35. The van der Waals surface area contributed by atoms with Crippen LogP contribution in [-0.2, 0) is 11.3 Å². The van der Waals surface area contributed by atoms with Crippen LogP contribution in [0, 0.1) is 11.3 Å². The van der Waals surface area contributed by atoms with E-state index in [0.717, 1.165) is 38.6 Å². The van der Waals surface area contributed by atoms with Gasteiger partial charge in [0.05, 0.1) is 24.3 Å². The van der Waals surface area contributed by atoms with E-state index in [0.29, 0.717) is 11.6 Å². The average Bonchev–Trinajstić information content (AvgIpc) is 3.08. The van der Waals surface area contributed by atoms with Crippen molar-refractivity contribution in [2.75, 3.05) is 31.1 Å². The minimum Gasteiger partial charge on any atom is -0.373 e. The molecule has 1 aromatic heterocycles. The van der Waals surface area contributed by atoms with E-state index in [1.807, 2.05) is 12.1 Å². The number of ether oxygens (including phenoxy) is 1. The third-order valence-electron chi connectivity index (χ3n) is 4.85. The number of morpholine rings is 1. The van der Waals surface area contributed by atoms with Crippen molar-refractivity contribution in [2.24, 2.45) is 0 Å². The summed E-state index contributed by atoms with van der Waals surface area (Å²) in [7, 11) is 0. The minimum atomic E-state index is 0.222. The second-order valence-corrected chi connectivity index (χ2v) is 6.35. The first-order valence-corrected chi connectivity index (χ1v) is 8.34. The van der Waals surface area contributed by atoms with Gasteiger partial charge in [-0.1, -0.05) is 30.3 Å². The fraction of sp³-hybridized carbons (Fsp3) is 0.368. The van der Waals surface area contributed by atoms with Crippen LogP contribution in [0.3, 0.4) is 0 Å². The molecule has 1 aromatic carbocycles. The molecular weight excluding hydrogens is 300 g/mol. The Morgan fingerprint density at radius 2 is 2.04 bits per heavy atom. The first-order chi connectivity index (χ1) is 11.8. The molecule has 5 nitrogen and oxygen atoms in total. The summed E-state index contributed by atoms with van der Waals surface area (Å²) < 4.78 is 6.00. The van der Waals surface area contributed by atoms with E-state index in [-0.39, 0.29) is 6.10 Å². The van der Waals surface area contributed by atoms with Crippen molar-refractivity contribution in [1.29, 1.82) is 5.26 Å². The molecule has 2 aliphatic rings. The lowest BCUT2D eigenvalue weighted by Crippen LogP contribution is -2.50. The lowest BCUT2D eigenvalue weighted by Gasteiger charge is -2.36. The van der Waals surface area contributed by atoms with Crippen LogP contribution in [0.4, 0.5) is 5.82 Å². The first kappa shape index (κ1) is 15.1. The Morgan fingerprint density at radius 3 is 2.79 bits per heavy atom. The lowest BCUT2D eigenvalue weighted by molar-refractivity contribution is -0.0499. The SMILES string of the molecule is N#Cc1ccc(N2C[C@@H]3OCCN(Cc4ccccc4)[C@@H]3C2)nc1. The highest BCUT2D eigenvalue weighted by Crippen LogP contribution is 2.27. The highest BCUT2D eigenvalue weighted by atomic mass is 16.5. The zero-order valence-corrected chi connectivity index (χ0v) is 13.5. The van der Waals surface area contributed by atoms with Gasteiger partial charge in [0.25, 0.3) is 0 Å². The van der Waals surface area contributed by atoms with Gasteiger partial charge >= 0.3 is 0 Å². The quantitative estimate of drug-likeness (QED) is 0.866. The number of hydrogen-bond donors (Lipinski definition) is 0. The van der Waals surface area contributed by atoms with E-state index in [2.05, 4.69) is 51.2 Å². The third kappa shape index (κ3) is 2.99. The maximum atomic E-state index is 8.91. The number of aromatic nitrogens is 1. The molecule has 2 fully saturated rings. The molecule has 0 spiro atoms. The van der Waals surface area contributed by atoms with Crippen LogP contribution in [0.15, 0.2) is 48.7 Å². The Labute approximate surface area is 142 Å². The second kappa shape index (κ2) is 6.60. The van der Waals surface area contributed by atoms with Gasteiger partial charge < -0.3 is 9.64 Å². The molecule has 0 unspecified atom stereocenters.